The van der Waals surface area contributed by atoms with Crippen LogP contribution in [0.25, 0.3) is 22.5 Å². The summed E-state index contributed by atoms with van der Waals surface area (Å²) in [6.07, 6.45) is 3.37. The number of nitrogens with one attached hydrogen (secondary N) is 2. The van der Waals surface area contributed by atoms with Gasteiger partial charge in [-0.3, -0.25) is 4.79 Å². The number of nitrogens with zero attached hydrogens (tertiary/aromatic N) is 3. The predicted octanol–water partition coefficient (Wildman–Crippen LogP) is 2.33. The molecular formula is C23H24N6O3S. The van der Waals surface area contributed by atoms with Crippen LogP contribution in [0.3, 0.4) is 0 Å². The van der Waals surface area contributed by atoms with Gasteiger partial charge in [0.15, 0.2) is 0 Å². The summed E-state index contributed by atoms with van der Waals surface area (Å²) in [5, 5.41) is 6.07. The topological polar surface area (TPSA) is 130 Å². The molecule has 0 bridgehead atoms. The van der Waals surface area contributed by atoms with Crippen LogP contribution in [0.4, 0.5) is 11.5 Å². The van der Waals surface area contributed by atoms with Crippen LogP contribution in [0.2, 0.25) is 0 Å². The Hall–Kier alpha value is -3.50. The van der Waals surface area contributed by atoms with E-state index >= 15 is 0 Å². The van der Waals surface area contributed by atoms with E-state index in [0.29, 0.717) is 35.7 Å². The minimum atomic E-state index is -3.51. The molecule has 33 heavy (non-hydrogen) atoms. The molecule has 1 amide bonds. The second kappa shape index (κ2) is 8.13. The third-order valence-corrected chi connectivity index (χ3v) is 7.88. The van der Waals surface area contributed by atoms with Gasteiger partial charge in [-0.1, -0.05) is 18.2 Å². The molecule has 1 fully saturated rings. The Bertz CT molecular complexity index is 1340. The normalized spacial score (nSPS) is 16.0. The van der Waals surface area contributed by atoms with Gasteiger partial charge in [0.25, 0.3) is 5.91 Å². The van der Waals surface area contributed by atoms with Gasteiger partial charge in [0.05, 0.1) is 22.3 Å². The first kappa shape index (κ1) is 21.4. The van der Waals surface area contributed by atoms with E-state index in [0.717, 1.165) is 24.0 Å². The third kappa shape index (κ3) is 4.03. The second-order valence-corrected chi connectivity index (χ2v) is 10.2. The fraction of sp³-hybridized carbons (Fsp3) is 0.261. The van der Waals surface area contributed by atoms with Crippen LogP contribution in [0.15, 0.2) is 53.6 Å². The molecule has 9 nitrogen and oxygen atoms in total. The molecule has 0 saturated heterocycles. The standard InChI is InChI=1S/C23H24N6O3S/c1-29(16-5-6-16)33(31,32)17-7-2-14(3-8-17)20-13-27-22(24)21(28-20)15-4-9-18-19(12-15)25-10-11-26-23(18)30/h2-4,7-9,12-13,16,25H,5-6,10-11H2,1H3,(H2,24,27)(H,26,30). The maximum atomic E-state index is 12.8. The lowest BCUT2D eigenvalue weighted by Crippen LogP contribution is -2.28. The molecule has 1 aliphatic heterocycles. The summed E-state index contributed by atoms with van der Waals surface area (Å²) in [7, 11) is -1.89. The molecule has 0 spiro atoms. The molecule has 1 aromatic heterocycles. The highest BCUT2D eigenvalue weighted by Gasteiger charge is 2.35. The lowest BCUT2D eigenvalue weighted by molar-refractivity contribution is 0.0958. The van der Waals surface area contributed by atoms with Gasteiger partial charge in [0, 0.05) is 43.0 Å². The number of sulfonamides is 1. The van der Waals surface area contributed by atoms with Gasteiger partial charge >= 0.3 is 0 Å². The molecular weight excluding hydrogens is 440 g/mol. The summed E-state index contributed by atoms with van der Waals surface area (Å²) in [6.45, 7) is 1.16. The Balaban J connectivity index is 1.47. The molecule has 3 aromatic rings. The highest BCUT2D eigenvalue weighted by Crippen LogP contribution is 2.32. The maximum Gasteiger partial charge on any atom is 0.253 e. The van der Waals surface area contributed by atoms with E-state index < -0.39 is 10.0 Å². The second-order valence-electron chi connectivity index (χ2n) is 8.21. The van der Waals surface area contributed by atoms with Crippen molar-refractivity contribution in [3.8, 4) is 22.5 Å². The molecule has 2 aliphatic rings. The average molecular weight is 465 g/mol. The fourth-order valence-electron chi connectivity index (χ4n) is 3.85. The van der Waals surface area contributed by atoms with Gasteiger partial charge in [-0.05, 0) is 37.1 Å². The molecule has 5 rings (SSSR count). The van der Waals surface area contributed by atoms with Crippen molar-refractivity contribution in [1.29, 1.82) is 0 Å². The average Bonchev–Trinajstić information content (AvgIpc) is 3.68. The van der Waals surface area contributed by atoms with Crippen LogP contribution >= 0.6 is 0 Å². The zero-order chi connectivity index (χ0) is 23.2. The van der Waals surface area contributed by atoms with E-state index in [1.54, 1.807) is 49.6 Å². The maximum absolute atomic E-state index is 12.8. The largest absolute Gasteiger partial charge is 0.383 e. The van der Waals surface area contributed by atoms with E-state index in [1.807, 2.05) is 6.07 Å². The number of hydrogen-bond donors (Lipinski definition) is 3. The quantitative estimate of drug-likeness (QED) is 0.528. The number of nitrogens with two attached hydrogens (primary N) is 1. The highest BCUT2D eigenvalue weighted by atomic mass is 32.2. The summed E-state index contributed by atoms with van der Waals surface area (Å²) in [5.74, 6) is 0.138. The Kier molecular flexibility index (Phi) is 5.26. The molecule has 2 heterocycles. The van der Waals surface area contributed by atoms with Crippen molar-refractivity contribution in [2.24, 2.45) is 0 Å². The molecule has 0 unspecified atom stereocenters. The van der Waals surface area contributed by atoms with Crippen molar-refractivity contribution in [3.63, 3.8) is 0 Å². The number of rotatable bonds is 5. The number of fused-ring (bicyclic) bond motifs is 1. The van der Waals surface area contributed by atoms with Gasteiger partial charge in [0.2, 0.25) is 10.0 Å². The molecule has 1 saturated carbocycles. The van der Waals surface area contributed by atoms with Crippen molar-refractivity contribution < 1.29 is 13.2 Å². The van der Waals surface area contributed by atoms with Gasteiger partial charge in [-0.25, -0.2) is 18.4 Å². The number of carbonyl (C=O) groups excluding carboxylic acids is 1. The number of amides is 1. The summed E-state index contributed by atoms with van der Waals surface area (Å²) in [4.78, 5) is 21.4. The lowest BCUT2D eigenvalue weighted by Gasteiger charge is -2.16. The lowest BCUT2D eigenvalue weighted by atomic mass is 10.1. The molecule has 2 aromatic carbocycles. The predicted molar refractivity (Wildman–Crippen MR) is 126 cm³/mol. The first-order valence-electron chi connectivity index (χ1n) is 10.7. The smallest absolute Gasteiger partial charge is 0.253 e. The molecule has 10 heteroatoms. The first-order chi connectivity index (χ1) is 15.8. The van der Waals surface area contributed by atoms with Crippen LogP contribution in [-0.2, 0) is 10.0 Å². The van der Waals surface area contributed by atoms with Crippen molar-refractivity contribution in [3.05, 3.63) is 54.2 Å². The minimum absolute atomic E-state index is 0.0988. The molecule has 170 valence electrons. The van der Waals surface area contributed by atoms with Crippen molar-refractivity contribution in [2.45, 2.75) is 23.8 Å². The Labute approximate surface area is 192 Å². The van der Waals surface area contributed by atoms with Gasteiger partial charge in [-0.15, -0.1) is 0 Å². The first-order valence-corrected chi connectivity index (χ1v) is 12.2. The van der Waals surface area contributed by atoms with Gasteiger partial charge in [0.1, 0.15) is 11.5 Å². The Morgan fingerprint density at radius 1 is 1.03 bits per heavy atom. The fourth-order valence-corrected chi connectivity index (χ4v) is 5.27. The summed E-state index contributed by atoms with van der Waals surface area (Å²) >= 11 is 0. The molecule has 0 radical (unpaired) electrons. The van der Waals surface area contributed by atoms with Crippen LogP contribution < -0.4 is 16.4 Å². The SMILES string of the molecule is CN(C1CC1)S(=O)(=O)c1ccc(-c2cnc(N)c(-c3ccc4c(c3)NCCNC4=O)n2)cc1. The Morgan fingerprint density at radius 2 is 1.73 bits per heavy atom. The van der Waals surface area contributed by atoms with Gasteiger partial charge in [-0.2, -0.15) is 4.31 Å². The number of hydrogen-bond acceptors (Lipinski definition) is 7. The number of nitrogen functional groups attached to an aromatic ring is 1. The molecule has 4 N–H and O–H groups in total. The third-order valence-electron chi connectivity index (χ3n) is 5.95. The van der Waals surface area contributed by atoms with Crippen molar-refractivity contribution in [1.82, 2.24) is 19.6 Å². The highest BCUT2D eigenvalue weighted by molar-refractivity contribution is 7.89. The van der Waals surface area contributed by atoms with E-state index in [9.17, 15) is 13.2 Å². The summed E-state index contributed by atoms with van der Waals surface area (Å²) in [6, 6.07) is 12.1. The van der Waals surface area contributed by atoms with Crippen LogP contribution in [0, 0.1) is 0 Å². The van der Waals surface area contributed by atoms with E-state index in [1.165, 1.54) is 4.31 Å². The summed E-state index contributed by atoms with van der Waals surface area (Å²) < 4.78 is 27.0. The van der Waals surface area contributed by atoms with Crippen molar-refractivity contribution >= 4 is 27.4 Å². The molecule has 0 atom stereocenters. The van der Waals surface area contributed by atoms with Crippen LogP contribution in [-0.4, -0.2) is 54.8 Å². The van der Waals surface area contributed by atoms with Crippen molar-refractivity contribution in [2.75, 3.05) is 31.2 Å². The van der Waals surface area contributed by atoms with Crippen LogP contribution in [0.1, 0.15) is 23.2 Å². The number of aromatic nitrogens is 2. The van der Waals surface area contributed by atoms with Gasteiger partial charge < -0.3 is 16.4 Å². The monoisotopic (exact) mass is 464 g/mol. The minimum Gasteiger partial charge on any atom is -0.383 e. The summed E-state index contributed by atoms with van der Waals surface area (Å²) in [5.41, 5.74) is 9.91. The molecule has 1 aliphatic carbocycles. The number of benzene rings is 2. The van der Waals surface area contributed by atoms with E-state index in [2.05, 4.69) is 15.6 Å². The van der Waals surface area contributed by atoms with E-state index in [-0.39, 0.29) is 22.7 Å². The zero-order valence-electron chi connectivity index (χ0n) is 18.1. The van der Waals surface area contributed by atoms with E-state index in [4.69, 9.17) is 10.7 Å². The number of anilines is 2. The Morgan fingerprint density at radius 3 is 2.45 bits per heavy atom. The number of carbonyl (C=O) groups is 1. The van der Waals surface area contributed by atoms with Crippen LogP contribution in [0.5, 0.6) is 0 Å². The zero-order valence-corrected chi connectivity index (χ0v) is 18.9.